The third-order valence-corrected chi connectivity index (χ3v) is 4.11. The lowest BCUT2D eigenvalue weighted by Crippen LogP contribution is -2.18. The number of fused-ring (bicyclic) bond motifs is 1. The smallest absolute Gasteiger partial charge is 0.0621 e. The Labute approximate surface area is 81.1 Å². The molecule has 0 aliphatic heterocycles. The summed E-state index contributed by atoms with van der Waals surface area (Å²) in [6.07, 6.45) is 10.7. The summed E-state index contributed by atoms with van der Waals surface area (Å²) in [6, 6.07) is 2.29. The van der Waals surface area contributed by atoms with Crippen molar-refractivity contribution in [2.45, 2.75) is 51.4 Å². The topological polar surface area (TPSA) is 23.8 Å². The average Bonchev–Trinajstić information content (AvgIpc) is 2.58. The maximum Gasteiger partial charge on any atom is 0.0621 e. The quantitative estimate of drug-likeness (QED) is 0.633. The maximum absolute atomic E-state index is 8.57. The van der Waals surface area contributed by atoms with Gasteiger partial charge in [0.05, 0.1) is 6.07 Å². The molecule has 13 heavy (non-hydrogen) atoms. The van der Waals surface area contributed by atoms with E-state index in [1.54, 1.807) is 0 Å². The predicted molar refractivity (Wildman–Crippen MR) is 53.0 cm³/mol. The average molecular weight is 177 g/mol. The van der Waals surface area contributed by atoms with Crippen molar-refractivity contribution in [1.29, 1.82) is 5.26 Å². The van der Waals surface area contributed by atoms with E-state index in [0.29, 0.717) is 0 Å². The molecule has 72 valence electrons. The standard InChI is InChI=1S/C12H19N/c13-9-3-5-11-8-7-10-4-1-2-6-12(10)11/h10-12H,1-8H2. The lowest BCUT2D eigenvalue weighted by Gasteiger charge is -2.28. The summed E-state index contributed by atoms with van der Waals surface area (Å²) >= 11 is 0. The molecule has 2 fully saturated rings. The lowest BCUT2D eigenvalue weighted by atomic mass is 9.77. The van der Waals surface area contributed by atoms with Gasteiger partial charge in [0.1, 0.15) is 0 Å². The minimum absolute atomic E-state index is 0.786. The Morgan fingerprint density at radius 3 is 2.77 bits per heavy atom. The van der Waals surface area contributed by atoms with E-state index in [9.17, 15) is 0 Å². The van der Waals surface area contributed by atoms with Gasteiger partial charge in [0.2, 0.25) is 0 Å². The second kappa shape index (κ2) is 4.13. The number of hydrogen-bond donors (Lipinski definition) is 0. The van der Waals surface area contributed by atoms with Crippen LogP contribution in [0.1, 0.15) is 51.4 Å². The van der Waals surface area contributed by atoms with Crippen LogP contribution in [0, 0.1) is 29.1 Å². The molecule has 2 aliphatic rings. The van der Waals surface area contributed by atoms with Crippen molar-refractivity contribution >= 4 is 0 Å². The molecule has 0 bridgehead atoms. The SMILES string of the molecule is N#CCCC1CCC2CCCCC12. The highest BCUT2D eigenvalue weighted by atomic mass is 14.4. The molecule has 1 nitrogen and oxygen atoms in total. The first-order valence-corrected chi connectivity index (χ1v) is 5.79. The molecular weight excluding hydrogens is 158 g/mol. The second-order valence-corrected chi connectivity index (χ2v) is 4.74. The maximum atomic E-state index is 8.57. The second-order valence-electron chi connectivity index (χ2n) is 4.74. The summed E-state index contributed by atoms with van der Waals surface area (Å²) in [4.78, 5) is 0. The van der Waals surface area contributed by atoms with Gasteiger partial charge in [0.15, 0.2) is 0 Å². The summed E-state index contributed by atoms with van der Waals surface area (Å²) in [6.45, 7) is 0. The molecule has 1 heteroatoms. The van der Waals surface area contributed by atoms with E-state index in [-0.39, 0.29) is 0 Å². The highest BCUT2D eigenvalue weighted by Crippen LogP contribution is 2.47. The van der Waals surface area contributed by atoms with Gasteiger partial charge in [-0.2, -0.15) is 5.26 Å². The minimum Gasteiger partial charge on any atom is -0.198 e. The van der Waals surface area contributed by atoms with Crippen LogP contribution in [0.2, 0.25) is 0 Å². The fourth-order valence-electron chi connectivity index (χ4n) is 3.47. The Balaban J connectivity index is 1.88. The summed E-state index contributed by atoms with van der Waals surface area (Å²) in [5.74, 6) is 2.95. The van der Waals surface area contributed by atoms with Crippen LogP contribution in [0.3, 0.4) is 0 Å². The number of rotatable bonds is 2. The largest absolute Gasteiger partial charge is 0.198 e. The van der Waals surface area contributed by atoms with Gasteiger partial charge < -0.3 is 0 Å². The first-order chi connectivity index (χ1) is 6.42. The van der Waals surface area contributed by atoms with Crippen LogP contribution < -0.4 is 0 Å². The van der Waals surface area contributed by atoms with Crippen molar-refractivity contribution in [2.24, 2.45) is 17.8 Å². The van der Waals surface area contributed by atoms with Crippen molar-refractivity contribution in [3.63, 3.8) is 0 Å². The number of nitrogens with zero attached hydrogens (tertiary/aromatic N) is 1. The zero-order valence-corrected chi connectivity index (χ0v) is 8.34. The Morgan fingerprint density at radius 2 is 1.92 bits per heavy atom. The highest BCUT2D eigenvalue weighted by Gasteiger charge is 2.36. The number of hydrogen-bond acceptors (Lipinski definition) is 1. The molecule has 0 saturated heterocycles. The van der Waals surface area contributed by atoms with Gasteiger partial charge in [-0.15, -0.1) is 0 Å². The van der Waals surface area contributed by atoms with Gasteiger partial charge in [0.25, 0.3) is 0 Å². The summed E-state index contributed by atoms with van der Waals surface area (Å²) < 4.78 is 0. The van der Waals surface area contributed by atoms with Gasteiger partial charge in [-0.3, -0.25) is 0 Å². The Bertz CT molecular complexity index is 204. The van der Waals surface area contributed by atoms with E-state index in [1.165, 1.54) is 44.9 Å². The molecule has 2 aliphatic carbocycles. The molecule has 2 saturated carbocycles. The van der Waals surface area contributed by atoms with Crippen LogP contribution in [-0.4, -0.2) is 0 Å². The molecule has 0 amide bonds. The summed E-state index contributed by atoms with van der Waals surface area (Å²) in [5.41, 5.74) is 0. The molecule has 0 N–H and O–H groups in total. The summed E-state index contributed by atoms with van der Waals surface area (Å²) in [5, 5.41) is 8.57. The van der Waals surface area contributed by atoms with Crippen LogP contribution in [0.15, 0.2) is 0 Å². The van der Waals surface area contributed by atoms with Gasteiger partial charge in [0, 0.05) is 6.42 Å². The first kappa shape index (κ1) is 9.06. The molecule has 2 rings (SSSR count). The molecule has 0 spiro atoms. The first-order valence-electron chi connectivity index (χ1n) is 5.79. The molecule has 0 radical (unpaired) electrons. The van der Waals surface area contributed by atoms with Gasteiger partial charge in [-0.1, -0.05) is 19.3 Å². The normalized spacial score (nSPS) is 38.2. The van der Waals surface area contributed by atoms with E-state index < -0.39 is 0 Å². The van der Waals surface area contributed by atoms with Crippen molar-refractivity contribution in [3.05, 3.63) is 0 Å². The third kappa shape index (κ3) is 1.88. The van der Waals surface area contributed by atoms with Gasteiger partial charge >= 0.3 is 0 Å². The Kier molecular flexibility index (Phi) is 2.88. The molecule has 3 atom stereocenters. The van der Waals surface area contributed by atoms with Crippen molar-refractivity contribution in [1.82, 2.24) is 0 Å². The minimum atomic E-state index is 0.786. The Morgan fingerprint density at radius 1 is 1.08 bits per heavy atom. The van der Waals surface area contributed by atoms with E-state index >= 15 is 0 Å². The number of nitriles is 1. The zero-order valence-electron chi connectivity index (χ0n) is 8.34. The van der Waals surface area contributed by atoms with E-state index in [4.69, 9.17) is 5.26 Å². The zero-order chi connectivity index (χ0) is 9.10. The molecule has 0 aromatic rings. The fraction of sp³-hybridized carbons (Fsp3) is 0.917. The van der Waals surface area contributed by atoms with E-state index in [2.05, 4.69) is 6.07 Å². The third-order valence-electron chi connectivity index (χ3n) is 4.11. The molecular formula is C12H19N. The van der Waals surface area contributed by atoms with Crippen LogP contribution >= 0.6 is 0 Å². The van der Waals surface area contributed by atoms with E-state index in [1.807, 2.05) is 0 Å². The fourth-order valence-corrected chi connectivity index (χ4v) is 3.47. The van der Waals surface area contributed by atoms with E-state index in [0.717, 1.165) is 24.2 Å². The van der Waals surface area contributed by atoms with Crippen LogP contribution in [0.25, 0.3) is 0 Å². The molecule has 0 heterocycles. The van der Waals surface area contributed by atoms with Crippen molar-refractivity contribution in [3.8, 4) is 6.07 Å². The van der Waals surface area contributed by atoms with Crippen LogP contribution in [0.5, 0.6) is 0 Å². The lowest BCUT2D eigenvalue weighted by molar-refractivity contribution is 0.222. The van der Waals surface area contributed by atoms with Gasteiger partial charge in [-0.05, 0) is 43.4 Å². The van der Waals surface area contributed by atoms with Crippen molar-refractivity contribution in [2.75, 3.05) is 0 Å². The Hall–Kier alpha value is -0.510. The monoisotopic (exact) mass is 177 g/mol. The predicted octanol–water partition coefficient (Wildman–Crippen LogP) is 3.51. The van der Waals surface area contributed by atoms with Gasteiger partial charge in [-0.25, -0.2) is 0 Å². The molecule has 0 aromatic carbocycles. The summed E-state index contributed by atoms with van der Waals surface area (Å²) in [7, 11) is 0. The molecule has 0 aromatic heterocycles. The van der Waals surface area contributed by atoms with Crippen molar-refractivity contribution < 1.29 is 0 Å². The molecule has 3 unspecified atom stereocenters. The highest BCUT2D eigenvalue weighted by molar-refractivity contribution is 4.88. The van der Waals surface area contributed by atoms with Crippen LogP contribution in [-0.2, 0) is 0 Å². The van der Waals surface area contributed by atoms with Crippen LogP contribution in [0.4, 0.5) is 0 Å².